The third kappa shape index (κ3) is 2.94. The number of carboxylic acids is 1. The fraction of sp³-hybridized carbons (Fsp3) is 0.154. The summed E-state index contributed by atoms with van der Waals surface area (Å²) < 4.78 is 1.50. The molecular formula is C13H12N2O3S2. The first-order valence-electron chi connectivity index (χ1n) is 5.77. The topological polar surface area (TPSA) is 74.8 Å². The van der Waals surface area contributed by atoms with Gasteiger partial charge in [0.05, 0.1) is 11.9 Å². The Balaban J connectivity index is 2.36. The summed E-state index contributed by atoms with van der Waals surface area (Å²) in [4.78, 5) is 15.6. The van der Waals surface area contributed by atoms with Crippen LogP contribution in [0.15, 0.2) is 35.3 Å². The lowest BCUT2D eigenvalue weighted by molar-refractivity contribution is -0.140. The van der Waals surface area contributed by atoms with Gasteiger partial charge in [-0.05, 0) is 31.3 Å². The molecule has 2 aromatic rings. The number of hydrogen-bond acceptors (Lipinski definition) is 5. The molecule has 7 heteroatoms. The number of aliphatic imine (C=N–C) groups is 1. The maximum absolute atomic E-state index is 11.0. The fourth-order valence-electron chi connectivity index (χ4n) is 1.58. The molecule has 1 heterocycles. The zero-order chi connectivity index (χ0) is 14.7. The summed E-state index contributed by atoms with van der Waals surface area (Å²) in [6, 6.07) is 8.31. The SMILES string of the molecule is CC(C(=O)O)n1c(O)c(C=Nc2ccccc2)sc1=S. The molecule has 2 N–H and O–H groups in total. The molecule has 104 valence electrons. The molecule has 0 spiro atoms. The van der Waals surface area contributed by atoms with E-state index in [2.05, 4.69) is 4.99 Å². The average molecular weight is 308 g/mol. The van der Waals surface area contributed by atoms with Gasteiger partial charge in [-0.25, -0.2) is 4.79 Å². The molecule has 0 bridgehead atoms. The number of para-hydroxylation sites is 1. The van der Waals surface area contributed by atoms with Gasteiger partial charge in [0.1, 0.15) is 10.9 Å². The molecule has 5 nitrogen and oxygen atoms in total. The van der Waals surface area contributed by atoms with Crippen molar-refractivity contribution in [2.45, 2.75) is 13.0 Å². The minimum Gasteiger partial charge on any atom is -0.493 e. The molecule has 0 radical (unpaired) electrons. The van der Waals surface area contributed by atoms with Crippen LogP contribution in [0.3, 0.4) is 0 Å². The predicted molar refractivity (Wildman–Crippen MR) is 80.9 cm³/mol. The van der Waals surface area contributed by atoms with Crippen LogP contribution >= 0.6 is 23.6 Å². The lowest BCUT2D eigenvalue weighted by Gasteiger charge is -2.08. The van der Waals surface area contributed by atoms with Crippen molar-refractivity contribution in [1.29, 1.82) is 0 Å². The van der Waals surface area contributed by atoms with Crippen LogP contribution in [0.1, 0.15) is 17.8 Å². The second kappa shape index (κ2) is 5.98. The van der Waals surface area contributed by atoms with Crippen LogP contribution < -0.4 is 0 Å². The molecular weight excluding hydrogens is 296 g/mol. The van der Waals surface area contributed by atoms with Gasteiger partial charge in [0.2, 0.25) is 5.88 Å². The van der Waals surface area contributed by atoms with E-state index in [1.54, 1.807) is 0 Å². The Morgan fingerprint density at radius 1 is 1.45 bits per heavy atom. The van der Waals surface area contributed by atoms with Crippen molar-refractivity contribution in [1.82, 2.24) is 4.57 Å². The molecule has 0 amide bonds. The van der Waals surface area contributed by atoms with Crippen LogP contribution in [0.5, 0.6) is 5.88 Å². The van der Waals surface area contributed by atoms with Gasteiger partial charge in [-0.3, -0.25) is 9.56 Å². The third-order valence-corrected chi connectivity index (χ3v) is 4.00. The van der Waals surface area contributed by atoms with Crippen molar-refractivity contribution in [3.05, 3.63) is 39.2 Å². The summed E-state index contributed by atoms with van der Waals surface area (Å²) in [6.07, 6.45) is 1.48. The second-order valence-electron chi connectivity index (χ2n) is 4.03. The Kier molecular flexibility index (Phi) is 4.31. The molecule has 2 rings (SSSR count). The monoisotopic (exact) mass is 308 g/mol. The summed E-state index contributed by atoms with van der Waals surface area (Å²) in [5.74, 6) is -1.23. The number of hydrogen-bond donors (Lipinski definition) is 2. The Hall–Kier alpha value is -1.99. The normalized spacial score (nSPS) is 12.7. The van der Waals surface area contributed by atoms with Crippen LogP contribution in [0.2, 0.25) is 0 Å². The van der Waals surface area contributed by atoms with E-state index in [-0.39, 0.29) is 5.88 Å². The van der Waals surface area contributed by atoms with E-state index in [4.69, 9.17) is 17.3 Å². The van der Waals surface area contributed by atoms with E-state index in [1.165, 1.54) is 17.7 Å². The minimum absolute atomic E-state index is 0.172. The van der Waals surface area contributed by atoms with Gasteiger partial charge in [-0.2, -0.15) is 0 Å². The highest BCUT2D eigenvalue weighted by Gasteiger charge is 2.20. The third-order valence-electron chi connectivity index (χ3n) is 2.67. The first kappa shape index (κ1) is 14.4. The van der Waals surface area contributed by atoms with Crippen molar-refractivity contribution in [2.75, 3.05) is 0 Å². The number of carbonyl (C=O) groups is 1. The molecule has 1 aromatic heterocycles. The van der Waals surface area contributed by atoms with Crippen LogP contribution in [0.25, 0.3) is 0 Å². The summed E-state index contributed by atoms with van der Waals surface area (Å²) >= 11 is 6.20. The van der Waals surface area contributed by atoms with Gasteiger partial charge < -0.3 is 10.2 Å². The standard InChI is InChI=1S/C13H12N2O3S2/c1-8(12(17)18)15-11(16)10(20-13(15)19)7-14-9-5-3-2-4-6-9/h2-8,16H,1H3,(H,17,18). The van der Waals surface area contributed by atoms with E-state index in [9.17, 15) is 9.90 Å². The first-order chi connectivity index (χ1) is 9.50. The maximum Gasteiger partial charge on any atom is 0.326 e. The van der Waals surface area contributed by atoms with Crippen LogP contribution in [-0.4, -0.2) is 27.0 Å². The molecule has 1 aromatic carbocycles. The number of carboxylic acid groups (broad SMARTS) is 1. The number of benzene rings is 1. The predicted octanol–water partition coefficient (Wildman–Crippen LogP) is 3.38. The summed E-state index contributed by atoms with van der Waals surface area (Å²) in [7, 11) is 0. The molecule has 0 aliphatic heterocycles. The number of thiazole rings is 1. The zero-order valence-corrected chi connectivity index (χ0v) is 12.2. The Morgan fingerprint density at radius 3 is 2.70 bits per heavy atom. The van der Waals surface area contributed by atoms with Crippen LogP contribution in [0, 0.1) is 3.95 Å². The first-order valence-corrected chi connectivity index (χ1v) is 6.99. The quantitative estimate of drug-likeness (QED) is 0.670. The number of aromatic nitrogens is 1. The second-order valence-corrected chi connectivity index (χ2v) is 5.71. The largest absolute Gasteiger partial charge is 0.493 e. The van der Waals surface area contributed by atoms with Gasteiger partial charge in [0.15, 0.2) is 3.95 Å². The fourth-order valence-corrected chi connectivity index (χ4v) is 2.92. The number of nitrogens with zero attached hydrogens (tertiary/aromatic N) is 2. The van der Waals surface area contributed by atoms with Gasteiger partial charge in [-0.1, -0.05) is 29.5 Å². The van der Waals surface area contributed by atoms with Crippen LogP contribution in [-0.2, 0) is 4.79 Å². The Morgan fingerprint density at radius 2 is 2.10 bits per heavy atom. The van der Waals surface area contributed by atoms with Gasteiger partial charge in [0, 0.05) is 0 Å². The van der Waals surface area contributed by atoms with Crippen molar-refractivity contribution < 1.29 is 15.0 Å². The Labute approximate surface area is 124 Å². The molecule has 0 saturated heterocycles. The number of aromatic hydroxyl groups is 1. The zero-order valence-electron chi connectivity index (χ0n) is 10.6. The molecule has 20 heavy (non-hydrogen) atoms. The van der Waals surface area contributed by atoms with E-state index < -0.39 is 12.0 Å². The smallest absolute Gasteiger partial charge is 0.326 e. The molecule has 0 saturated carbocycles. The van der Waals surface area contributed by atoms with Gasteiger partial charge in [-0.15, -0.1) is 0 Å². The lowest BCUT2D eigenvalue weighted by Crippen LogP contribution is -2.15. The van der Waals surface area contributed by atoms with E-state index in [0.29, 0.717) is 8.83 Å². The van der Waals surface area contributed by atoms with E-state index >= 15 is 0 Å². The minimum atomic E-state index is -1.05. The van der Waals surface area contributed by atoms with E-state index in [1.807, 2.05) is 30.3 Å². The van der Waals surface area contributed by atoms with E-state index in [0.717, 1.165) is 17.0 Å². The molecule has 0 aliphatic carbocycles. The number of aliphatic carboxylic acids is 1. The van der Waals surface area contributed by atoms with Crippen molar-refractivity contribution in [2.24, 2.45) is 4.99 Å². The molecule has 1 atom stereocenters. The van der Waals surface area contributed by atoms with Crippen LogP contribution in [0.4, 0.5) is 5.69 Å². The lowest BCUT2D eigenvalue weighted by atomic mass is 10.3. The maximum atomic E-state index is 11.0. The summed E-state index contributed by atoms with van der Waals surface area (Å²) in [5, 5.41) is 19.1. The average Bonchev–Trinajstić information content (AvgIpc) is 2.71. The van der Waals surface area contributed by atoms with Gasteiger partial charge in [0.25, 0.3) is 0 Å². The van der Waals surface area contributed by atoms with Gasteiger partial charge >= 0.3 is 5.97 Å². The van der Waals surface area contributed by atoms with Crippen molar-refractivity contribution >= 4 is 41.4 Å². The Bertz CT molecular complexity index is 704. The highest BCUT2D eigenvalue weighted by Crippen LogP contribution is 2.28. The molecule has 0 aliphatic rings. The summed E-state index contributed by atoms with van der Waals surface area (Å²) in [6.45, 7) is 1.46. The highest BCUT2D eigenvalue weighted by atomic mass is 32.1. The molecule has 1 unspecified atom stereocenters. The van der Waals surface area contributed by atoms with Crippen molar-refractivity contribution in [3.8, 4) is 5.88 Å². The summed E-state index contributed by atoms with van der Waals surface area (Å²) in [5.41, 5.74) is 0.740. The van der Waals surface area contributed by atoms with Crippen molar-refractivity contribution in [3.63, 3.8) is 0 Å². The molecule has 0 fully saturated rings. The number of rotatable bonds is 4. The highest BCUT2D eigenvalue weighted by molar-refractivity contribution is 7.73.